The molecule has 1 aromatic carbocycles. The van der Waals surface area contributed by atoms with E-state index in [1.807, 2.05) is 45.2 Å². The number of amides is 1. The van der Waals surface area contributed by atoms with Crippen LogP contribution in [0.1, 0.15) is 25.8 Å². The molecule has 0 atom stereocenters. The van der Waals surface area contributed by atoms with E-state index >= 15 is 0 Å². The molecule has 1 amide bonds. The molecule has 0 aliphatic rings. The van der Waals surface area contributed by atoms with Gasteiger partial charge in [0.25, 0.3) is 0 Å². The average molecular weight is 264 g/mol. The summed E-state index contributed by atoms with van der Waals surface area (Å²) in [6, 6.07) is 7.90. The molecule has 0 heterocycles. The molecule has 0 aromatic heterocycles. The fourth-order valence-electron chi connectivity index (χ4n) is 1.77. The lowest BCUT2D eigenvalue weighted by molar-refractivity contribution is -0.130. The van der Waals surface area contributed by atoms with Crippen LogP contribution in [0.3, 0.4) is 0 Å². The van der Waals surface area contributed by atoms with E-state index in [9.17, 15) is 4.79 Å². The maximum atomic E-state index is 11.9. The zero-order valence-corrected chi connectivity index (χ0v) is 12.3. The SMILES string of the molecule is COc1cccc(CCN(C)C(=O)CC(C)(C)N)c1. The molecule has 106 valence electrons. The van der Waals surface area contributed by atoms with E-state index in [1.165, 1.54) is 0 Å². The maximum Gasteiger partial charge on any atom is 0.224 e. The number of carbonyl (C=O) groups excluding carboxylic acids is 1. The van der Waals surface area contributed by atoms with Crippen molar-refractivity contribution in [2.24, 2.45) is 5.73 Å². The first-order chi connectivity index (χ1) is 8.81. The van der Waals surface area contributed by atoms with Gasteiger partial charge >= 0.3 is 0 Å². The number of hydrogen-bond donors (Lipinski definition) is 1. The lowest BCUT2D eigenvalue weighted by Crippen LogP contribution is -2.40. The van der Waals surface area contributed by atoms with Gasteiger partial charge < -0.3 is 15.4 Å². The van der Waals surface area contributed by atoms with E-state index < -0.39 is 5.54 Å². The summed E-state index contributed by atoms with van der Waals surface area (Å²) < 4.78 is 5.18. The topological polar surface area (TPSA) is 55.6 Å². The first kappa shape index (κ1) is 15.5. The molecule has 0 spiro atoms. The Morgan fingerprint density at radius 1 is 1.42 bits per heavy atom. The fourth-order valence-corrected chi connectivity index (χ4v) is 1.77. The van der Waals surface area contributed by atoms with E-state index in [0.717, 1.165) is 17.7 Å². The van der Waals surface area contributed by atoms with Gasteiger partial charge in [-0.1, -0.05) is 12.1 Å². The van der Waals surface area contributed by atoms with Gasteiger partial charge in [-0.15, -0.1) is 0 Å². The highest BCUT2D eigenvalue weighted by atomic mass is 16.5. The molecular weight excluding hydrogens is 240 g/mol. The molecule has 0 fully saturated rings. The smallest absolute Gasteiger partial charge is 0.224 e. The molecule has 4 heteroatoms. The summed E-state index contributed by atoms with van der Waals surface area (Å²) in [6.07, 6.45) is 1.17. The first-order valence-corrected chi connectivity index (χ1v) is 6.47. The van der Waals surface area contributed by atoms with Crippen molar-refractivity contribution in [3.05, 3.63) is 29.8 Å². The van der Waals surface area contributed by atoms with Gasteiger partial charge in [-0.3, -0.25) is 4.79 Å². The second kappa shape index (κ2) is 6.57. The highest BCUT2D eigenvalue weighted by Crippen LogP contribution is 2.13. The molecule has 1 aromatic rings. The Morgan fingerprint density at radius 2 is 2.11 bits per heavy atom. The van der Waals surface area contributed by atoms with Gasteiger partial charge in [-0.25, -0.2) is 0 Å². The number of carbonyl (C=O) groups is 1. The summed E-state index contributed by atoms with van der Waals surface area (Å²) in [5, 5.41) is 0. The minimum Gasteiger partial charge on any atom is -0.497 e. The average Bonchev–Trinajstić information content (AvgIpc) is 2.34. The number of hydrogen-bond acceptors (Lipinski definition) is 3. The molecule has 19 heavy (non-hydrogen) atoms. The molecule has 0 radical (unpaired) electrons. The third kappa shape index (κ3) is 5.75. The number of nitrogens with zero attached hydrogens (tertiary/aromatic N) is 1. The summed E-state index contributed by atoms with van der Waals surface area (Å²) in [4.78, 5) is 13.7. The normalized spacial score (nSPS) is 11.2. The Bertz CT molecular complexity index is 424. The molecule has 0 aliphatic carbocycles. The van der Waals surface area contributed by atoms with Crippen LogP contribution in [0.5, 0.6) is 5.75 Å². The monoisotopic (exact) mass is 264 g/mol. The summed E-state index contributed by atoms with van der Waals surface area (Å²) in [7, 11) is 3.46. The highest BCUT2D eigenvalue weighted by Gasteiger charge is 2.19. The lowest BCUT2D eigenvalue weighted by atomic mass is 10.0. The number of likely N-dealkylation sites (N-methyl/N-ethyl adjacent to an activating group) is 1. The van der Waals surface area contributed by atoms with Crippen LogP contribution in [0.25, 0.3) is 0 Å². The van der Waals surface area contributed by atoms with Crippen molar-refractivity contribution in [3.63, 3.8) is 0 Å². The van der Waals surface area contributed by atoms with Crippen molar-refractivity contribution in [1.29, 1.82) is 0 Å². The number of rotatable bonds is 6. The predicted molar refractivity (Wildman–Crippen MR) is 77.2 cm³/mol. The standard InChI is InChI=1S/C15H24N2O2/c1-15(2,16)11-14(18)17(3)9-8-12-6-5-7-13(10-12)19-4/h5-7,10H,8-9,11,16H2,1-4H3. The van der Waals surface area contributed by atoms with Gasteiger partial charge in [0, 0.05) is 25.6 Å². The van der Waals surface area contributed by atoms with Gasteiger partial charge in [0.15, 0.2) is 0 Å². The van der Waals surface area contributed by atoms with Crippen LogP contribution in [0, 0.1) is 0 Å². The van der Waals surface area contributed by atoms with Gasteiger partial charge in [-0.05, 0) is 38.0 Å². The van der Waals surface area contributed by atoms with Crippen molar-refractivity contribution in [1.82, 2.24) is 4.90 Å². The van der Waals surface area contributed by atoms with Crippen molar-refractivity contribution < 1.29 is 9.53 Å². The van der Waals surface area contributed by atoms with Gasteiger partial charge in [-0.2, -0.15) is 0 Å². The Morgan fingerprint density at radius 3 is 2.68 bits per heavy atom. The lowest BCUT2D eigenvalue weighted by Gasteiger charge is -2.23. The van der Waals surface area contributed by atoms with E-state index in [0.29, 0.717) is 13.0 Å². The fraction of sp³-hybridized carbons (Fsp3) is 0.533. The Hall–Kier alpha value is -1.55. The quantitative estimate of drug-likeness (QED) is 0.852. The molecule has 2 N–H and O–H groups in total. The third-order valence-corrected chi connectivity index (χ3v) is 2.90. The number of methoxy groups -OCH3 is 1. The van der Waals surface area contributed by atoms with Crippen LogP contribution in [0.4, 0.5) is 0 Å². The third-order valence-electron chi connectivity index (χ3n) is 2.90. The largest absolute Gasteiger partial charge is 0.497 e. The highest BCUT2D eigenvalue weighted by molar-refractivity contribution is 5.77. The van der Waals surface area contributed by atoms with Crippen molar-refractivity contribution in [3.8, 4) is 5.75 Å². The van der Waals surface area contributed by atoms with Crippen LogP contribution in [-0.4, -0.2) is 37.0 Å². The summed E-state index contributed by atoms with van der Waals surface area (Å²) in [6.45, 7) is 4.41. The van der Waals surface area contributed by atoms with Crippen molar-refractivity contribution in [2.75, 3.05) is 20.7 Å². The molecule has 0 aliphatic heterocycles. The van der Waals surface area contributed by atoms with Crippen LogP contribution < -0.4 is 10.5 Å². The summed E-state index contributed by atoms with van der Waals surface area (Å²) in [5.41, 5.74) is 6.56. The van der Waals surface area contributed by atoms with E-state index in [4.69, 9.17) is 10.5 Å². The molecular formula is C15H24N2O2. The minimum absolute atomic E-state index is 0.0791. The van der Waals surface area contributed by atoms with Gasteiger partial charge in [0.05, 0.1) is 7.11 Å². The van der Waals surface area contributed by atoms with Crippen molar-refractivity contribution >= 4 is 5.91 Å². The molecule has 1 rings (SSSR count). The second-order valence-electron chi connectivity index (χ2n) is 5.58. The maximum absolute atomic E-state index is 11.9. The zero-order chi connectivity index (χ0) is 14.5. The number of nitrogens with two attached hydrogens (primary N) is 1. The van der Waals surface area contributed by atoms with E-state index in [1.54, 1.807) is 12.0 Å². The predicted octanol–water partition coefficient (Wildman–Crippen LogP) is 1.82. The molecule has 0 bridgehead atoms. The number of benzene rings is 1. The Labute approximate surface area is 115 Å². The Kier molecular flexibility index (Phi) is 5.36. The van der Waals surface area contributed by atoms with Gasteiger partial charge in [0.2, 0.25) is 5.91 Å². The van der Waals surface area contributed by atoms with Crippen LogP contribution in [0.2, 0.25) is 0 Å². The van der Waals surface area contributed by atoms with Crippen LogP contribution in [-0.2, 0) is 11.2 Å². The minimum atomic E-state index is -0.457. The Balaban J connectivity index is 2.49. The zero-order valence-electron chi connectivity index (χ0n) is 12.3. The van der Waals surface area contributed by atoms with Crippen molar-refractivity contribution in [2.45, 2.75) is 32.2 Å². The summed E-state index contributed by atoms with van der Waals surface area (Å²) in [5.74, 6) is 0.921. The van der Waals surface area contributed by atoms with E-state index in [2.05, 4.69) is 0 Å². The van der Waals surface area contributed by atoms with E-state index in [-0.39, 0.29) is 5.91 Å². The summed E-state index contributed by atoms with van der Waals surface area (Å²) >= 11 is 0. The van der Waals surface area contributed by atoms with Crippen LogP contribution >= 0.6 is 0 Å². The van der Waals surface area contributed by atoms with Gasteiger partial charge in [0.1, 0.15) is 5.75 Å². The van der Waals surface area contributed by atoms with Crippen LogP contribution in [0.15, 0.2) is 24.3 Å². The molecule has 0 saturated carbocycles. The first-order valence-electron chi connectivity index (χ1n) is 6.47. The molecule has 0 saturated heterocycles. The molecule has 4 nitrogen and oxygen atoms in total. The molecule has 0 unspecified atom stereocenters. The second-order valence-corrected chi connectivity index (χ2v) is 5.58. The number of ether oxygens (including phenoxy) is 1.